The van der Waals surface area contributed by atoms with Crippen molar-refractivity contribution in [1.29, 1.82) is 0 Å². The van der Waals surface area contributed by atoms with Gasteiger partial charge in [-0.05, 0) is 59.0 Å². The van der Waals surface area contributed by atoms with Crippen LogP contribution in [0, 0.1) is 15.3 Å². The SMILES string of the molecule is NNC(c1ccc(F)cc1I)C1CCOCC1. The molecule has 0 spiro atoms. The molecule has 0 aliphatic carbocycles. The number of hydrogen-bond acceptors (Lipinski definition) is 3. The molecular weight excluding hydrogens is 334 g/mol. The van der Waals surface area contributed by atoms with E-state index in [2.05, 4.69) is 28.0 Å². The van der Waals surface area contributed by atoms with Crippen LogP contribution in [0.4, 0.5) is 4.39 Å². The molecule has 1 fully saturated rings. The van der Waals surface area contributed by atoms with Crippen molar-refractivity contribution in [2.24, 2.45) is 11.8 Å². The highest BCUT2D eigenvalue weighted by molar-refractivity contribution is 14.1. The van der Waals surface area contributed by atoms with Gasteiger partial charge in [-0.25, -0.2) is 4.39 Å². The smallest absolute Gasteiger partial charge is 0.124 e. The van der Waals surface area contributed by atoms with Gasteiger partial charge in [-0.1, -0.05) is 6.07 Å². The van der Waals surface area contributed by atoms with E-state index in [0.717, 1.165) is 35.2 Å². The lowest BCUT2D eigenvalue weighted by Crippen LogP contribution is -2.36. The van der Waals surface area contributed by atoms with Crippen LogP contribution in [0.1, 0.15) is 24.4 Å². The zero-order chi connectivity index (χ0) is 12.3. The second-order valence-electron chi connectivity index (χ2n) is 4.26. The summed E-state index contributed by atoms with van der Waals surface area (Å²) in [6.07, 6.45) is 1.98. The van der Waals surface area contributed by atoms with Crippen molar-refractivity contribution in [2.75, 3.05) is 13.2 Å². The van der Waals surface area contributed by atoms with E-state index in [-0.39, 0.29) is 11.9 Å². The Morgan fingerprint density at radius 2 is 2.12 bits per heavy atom. The highest BCUT2D eigenvalue weighted by Gasteiger charge is 2.25. The van der Waals surface area contributed by atoms with Crippen LogP contribution in [0.15, 0.2) is 18.2 Å². The van der Waals surface area contributed by atoms with E-state index < -0.39 is 0 Å². The number of nitrogens with one attached hydrogen (secondary N) is 1. The highest BCUT2D eigenvalue weighted by atomic mass is 127. The molecule has 0 saturated carbocycles. The van der Waals surface area contributed by atoms with E-state index in [0.29, 0.717) is 5.92 Å². The van der Waals surface area contributed by atoms with Crippen LogP contribution in [-0.2, 0) is 4.74 Å². The Hall–Kier alpha value is -0.240. The summed E-state index contributed by atoms with van der Waals surface area (Å²) in [4.78, 5) is 0. The largest absolute Gasteiger partial charge is 0.381 e. The summed E-state index contributed by atoms with van der Waals surface area (Å²) in [5.74, 6) is 5.90. The number of hydrazine groups is 1. The van der Waals surface area contributed by atoms with Crippen molar-refractivity contribution >= 4 is 22.6 Å². The highest BCUT2D eigenvalue weighted by Crippen LogP contribution is 2.32. The third-order valence-corrected chi connectivity index (χ3v) is 4.15. The molecular formula is C12H16FIN2O. The van der Waals surface area contributed by atoms with Gasteiger partial charge in [0.05, 0.1) is 0 Å². The molecule has 3 N–H and O–H groups in total. The molecule has 5 heteroatoms. The van der Waals surface area contributed by atoms with E-state index in [1.165, 1.54) is 6.07 Å². The van der Waals surface area contributed by atoms with E-state index in [1.807, 2.05) is 6.07 Å². The van der Waals surface area contributed by atoms with E-state index in [1.54, 1.807) is 6.07 Å². The molecule has 1 atom stereocenters. The normalized spacial score (nSPS) is 19.2. The predicted molar refractivity (Wildman–Crippen MR) is 72.7 cm³/mol. The maximum Gasteiger partial charge on any atom is 0.124 e. The second-order valence-corrected chi connectivity index (χ2v) is 5.42. The van der Waals surface area contributed by atoms with Gasteiger partial charge in [0.25, 0.3) is 0 Å². The molecule has 3 nitrogen and oxygen atoms in total. The van der Waals surface area contributed by atoms with Gasteiger partial charge in [-0.15, -0.1) is 0 Å². The lowest BCUT2D eigenvalue weighted by Gasteiger charge is -2.30. The van der Waals surface area contributed by atoms with Crippen molar-refractivity contribution in [3.05, 3.63) is 33.1 Å². The van der Waals surface area contributed by atoms with Gasteiger partial charge >= 0.3 is 0 Å². The molecule has 0 amide bonds. The average molecular weight is 350 g/mol. The minimum atomic E-state index is -0.208. The number of rotatable bonds is 3. The number of hydrogen-bond donors (Lipinski definition) is 2. The Morgan fingerprint density at radius 3 is 2.71 bits per heavy atom. The maximum absolute atomic E-state index is 13.1. The molecule has 1 saturated heterocycles. The monoisotopic (exact) mass is 350 g/mol. The number of ether oxygens (including phenoxy) is 1. The molecule has 1 heterocycles. The van der Waals surface area contributed by atoms with Crippen molar-refractivity contribution in [2.45, 2.75) is 18.9 Å². The summed E-state index contributed by atoms with van der Waals surface area (Å²) in [7, 11) is 0. The lowest BCUT2D eigenvalue weighted by atomic mass is 9.87. The fourth-order valence-corrected chi connectivity index (χ4v) is 3.10. The fourth-order valence-electron chi connectivity index (χ4n) is 2.28. The quantitative estimate of drug-likeness (QED) is 0.500. The minimum absolute atomic E-state index is 0.0754. The third kappa shape index (κ3) is 3.15. The first kappa shape index (κ1) is 13.2. The third-order valence-electron chi connectivity index (χ3n) is 3.21. The Kier molecular flexibility index (Phi) is 4.72. The van der Waals surface area contributed by atoms with Gasteiger partial charge in [0, 0.05) is 22.8 Å². The molecule has 1 aliphatic rings. The van der Waals surface area contributed by atoms with Crippen LogP contribution < -0.4 is 11.3 Å². The van der Waals surface area contributed by atoms with Crippen molar-refractivity contribution in [3.8, 4) is 0 Å². The molecule has 2 rings (SSSR count). The number of nitrogens with two attached hydrogens (primary N) is 1. The van der Waals surface area contributed by atoms with Crippen molar-refractivity contribution in [3.63, 3.8) is 0 Å². The Bertz CT molecular complexity index is 383. The van der Waals surface area contributed by atoms with Crippen molar-refractivity contribution < 1.29 is 9.13 Å². The Morgan fingerprint density at radius 1 is 1.41 bits per heavy atom. The summed E-state index contributed by atoms with van der Waals surface area (Å²) < 4.78 is 19.3. The molecule has 0 bridgehead atoms. The summed E-state index contributed by atoms with van der Waals surface area (Å²) in [5, 5.41) is 0. The summed E-state index contributed by atoms with van der Waals surface area (Å²) in [5.41, 5.74) is 3.94. The first-order chi connectivity index (χ1) is 8.22. The van der Waals surface area contributed by atoms with E-state index in [4.69, 9.17) is 10.6 Å². The first-order valence-corrected chi connectivity index (χ1v) is 6.79. The Labute approximate surface area is 114 Å². The van der Waals surface area contributed by atoms with Gasteiger partial charge in [-0.2, -0.15) is 0 Å². The predicted octanol–water partition coefficient (Wildman–Crippen LogP) is 2.36. The molecule has 0 radical (unpaired) electrons. The second kappa shape index (κ2) is 6.08. The lowest BCUT2D eigenvalue weighted by molar-refractivity contribution is 0.0535. The zero-order valence-corrected chi connectivity index (χ0v) is 11.6. The van der Waals surface area contributed by atoms with Crippen LogP contribution >= 0.6 is 22.6 Å². The first-order valence-electron chi connectivity index (χ1n) is 5.71. The Balaban J connectivity index is 2.21. The van der Waals surface area contributed by atoms with Crippen LogP contribution in [0.3, 0.4) is 0 Å². The summed E-state index contributed by atoms with van der Waals surface area (Å²) in [6.45, 7) is 1.56. The molecule has 1 aromatic carbocycles. The van der Waals surface area contributed by atoms with Gasteiger partial charge in [0.1, 0.15) is 5.82 Å². The van der Waals surface area contributed by atoms with Crippen LogP contribution in [0.5, 0.6) is 0 Å². The summed E-state index contributed by atoms with van der Waals surface area (Å²) >= 11 is 2.15. The van der Waals surface area contributed by atoms with Crippen LogP contribution in [-0.4, -0.2) is 13.2 Å². The molecule has 17 heavy (non-hydrogen) atoms. The minimum Gasteiger partial charge on any atom is -0.381 e. The molecule has 1 unspecified atom stereocenters. The van der Waals surface area contributed by atoms with Crippen molar-refractivity contribution in [1.82, 2.24) is 5.43 Å². The molecule has 94 valence electrons. The number of halogens is 2. The van der Waals surface area contributed by atoms with Gasteiger partial charge < -0.3 is 4.74 Å². The standard InChI is InChI=1S/C12H16FIN2O/c13-9-1-2-10(11(14)7-9)12(16-15)8-3-5-17-6-4-8/h1-2,7-8,12,16H,3-6,15H2. The van der Waals surface area contributed by atoms with Gasteiger partial charge in [0.15, 0.2) is 0 Å². The number of benzene rings is 1. The molecule has 1 aliphatic heterocycles. The van der Waals surface area contributed by atoms with E-state index in [9.17, 15) is 4.39 Å². The average Bonchev–Trinajstić information content (AvgIpc) is 2.34. The molecule has 0 aromatic heterocycles. The molecule has 1 aromatic rings. The fraction of sp³-hybridized carbons (Fsp3) is 0.500. The maximum atomic E-state index is 13.1. The van der Waals surface area contributed by atoms with Crippen LogP contribution in [0.25, 0.3) is 0 Å². The van der Waals surface area contributed by atoms with Gasteiger partial charge in [-0.3, -0.25) is 11.3 Å². The van der Waals surface area contributed by atoms with Gasteiger partial charge in [0.2, 0.25) is 0 Å². The van der Waals surface area contributed by atoms with E-state index >= 15 is 0 Å². The topological polar surface area (TPSA) is 47.3 Å². The zero-order valence-electron chi connectivity index (χ0n) is 9.46. The van der Waals surface area contributed by atoms with Crippen LogP contribution in [0.2, 0.25) is 0 Å². The summed E-state index contributed by atoms with van der Waals surface area (Å²) in [6, 6.07) is 4.92.